The third-order valence-corrected chi connectivity index (χ3v) is 4.54. The van der Waals surface area contributed by atoms with Crippen molar-refractivity contribution in [2.24, 2.45) is 0 Å². The van der Waals surface area contributed by atoms with Gasteiger partial charge in [-0.2, -0.15) is 0 Å². The van der Waals surface area contributed by atoms with Crippen LogP contribution in [0.1, 0.15) is 49.3 Å². The molecule has 110 valence electrons. The van der Waals surface area contributed by atoms with Crippen molar-refractivity contribution < 1.29 is 4.79 Å². The number of nitrogens with zero attached hydrogens (tertiary/aromatic N) is 1. The maximum atomic E-state index is 12.1. The zero-order valence-corrected chi connectivity index (χ0v) is 12.8. The summed E-state index contributed by atoms with van der Waals surface area (Å²) in [5, 5.41) is 5.67. The number of hydrogen-bond donors (Lipinski definition) is 2. The van der Waals surface area contributed by atoms with Crippen LogP contribution in [0.5, 0.6) is 0 Å². The number of carbonyl (C=O) groups excluding carboxylic acids is 1. The van der Waals surface area contributed by atoms with E-state index in [9.17, 15) is 4.79 Å². The number of nitrogens with two attached hydrogens (primary N) is 1. The minimum atomic E-state index is 0.0102. The molecule has 5 heteroatoms. The van der Waals surface area contributed by atoms with E-state index in [4.69, 9.17) is 5.73 Å². The number of amides is 1. The fourth-order valence-corrected chi connectivity index (χ4v) is 3.11. The van der Waals surface area contributed by atoms with Crippen LogP contribution in [-0.4, -0.2) is 10.9 Å². The molecule has 1 heterocycles. The molecule has 0 spiro atoms. The Morgan fingerprint density at radius 1 is 1.43 bits per heavy atom. The highest BCUT2D eigenvalue weighted by Gasteiger charge is 2.26. The summed E-state index contributed by atoms with van der Waals surface area (Å²) in [5.74, 6) is 0.796. The summed E-state index contributed by atoms with van der Waals surface area (Å²) in [6.45, 7) is 2.04. The molecule has 1 fully saturated rings. The molecular formula is C16H19N3OS. The number of nitrogens with one attached hydrogen (secondary N) is 1. The molecule has 3 N–H and O–H groups in total. The normalized spacial score (nSPS) is 15.7. The molecule has 3 rings (SSSR count). The van der Waals surface area contributed by atoms with E-state index >= 15 is 0 Å². The average molecular weight is 301 g/mol. The van der Waals surface area contributed by atoms with Crippen LogP contribution in [0.15, 0.2) is 29.6 Å². The first kappa shape index (κ1) is 14.1. The van der Waals surface area contributed by atoms with Crippen molar-refractivity contribution in [2.45, 2.75) is 38.0 Å². The van der Waals surface area contributed by atoms with Gasteiger partial charge in [0.15, 0.2) is 5.13 Å². The molecule has 0 aliphatic heterocycles. The lowest BCUT2D eigenvalue weighted by Gasteiger charge is -2.11. The highest BCUT2D eigenvalue weighted by atomic mass is 32.1. The number of rotatable bonds is 5. The predicted molar refractivity (Wildman–Crippen MR) is 86.6 cm³/mol. The minimum absolute atomic E-state index is 0.0102. The van der Waals surface area contributed by atoms with Crippen molar-refractivity contribution in [3.63, 3.8) is 0 Å². The van der Waals surface area contributed by atoms with Gasteiger partial charge in [0.2, 0.25) is 5.91 Å². The van der Waals surface area contributed by atoms with Gasteiger partial charge in [-0.15, -0.1) is 11.3 Å². The molecule has 1 atom stereocenters. The molecule has 1 aromatic heterocycles. The quantitative estimate of drug-likeness (QED) is 0.827. The van der Waals surface area contributed by atoms with Crippen LogP contribution < -0.4 is 11.1 Å². The summed E-state index contributed by atoms with van der Waals surface area (Å²) in [7, 11) is 0. The van der Waals surface area contributed by atoms with Gasteiger partial charge in [-0.25, -0.2) is 4.98 Å². The van der Waals surface area contributed by atoms with Crippen molar-refractivity contribution in [1.29, 1.82) is 0 Å². The molecule has 1 saturated carbocycles. The third-order valence-electron chi connectivity index (χ3n) is 3.76. The van der Waals surface area contributed by atoms with Gasteiger partial charge in [-0.3, -0.25) is 4.79 Å². The van der Waals surface area contributed by atoms with Gasteiger partial charge in [0.25, 0.3) is 0 Å². The number of anilines is 2. The average Bonchev–Trinajstić information content (AvgIpc) is 3.20. The van der Waals surface area contributed by atoms with Gasteiger partial charge >= 0.3 is 0 Å². The lowest BCUT2D eigenvalue weighted by Crippen LogP contribution is -2.14. The van der Waals surface area contributed by atoms with Crippen LogP contribution in [-0.2, 0) is 4.79 Å². The zero-order chi connectivity index (χ0) is 14.8. The van der Waals surface area contributed by atoms with Crippen LogP contribution in [0.2, 0.25) is 0 Å². The Morgan fingerprint density at radius 3 is 2.81 bits per heavy atom. The van der Waals surface area contributed by atoms with Gasteiger partial charge in [0.1, 0.15) is 0 Å². The molecule has 0 saturated heterocycles. The maximum Gasteiger partial charge on any atom is 0.226 e. The first-order valence-corrected chi connectivity index (χ1v) is 8.10. The van der Waals surface area contributed by atoms with Crippen LogP contribution in [0.25, 0.3) is 0 Å². The Kier molecular flexibility index (Phi) is 3.92. The molecule has 1 unspecified atom stereocenters. The van der Waals surface area contributed by atoms with Gasteiger partial charge < -0.3 is 11.1 Å². The first-order chi connectivity index (χ1) is 10.1. The topological polar surface area (TPSA) is 68.0 Å². The molecule has 0 radical (unpaired) electrons. The molecule has 21 heavy (non-hydrogen) atoms. The van der Waals surface area contributed by atoms with Gasteiger partial charge in [-0.1, -0.05) is 19.1 Å². The van der Waals surface area contributed by atoms with Crippen molar-refractivity contribution in [3.8, 4) is 0 Å². The molecular weight excluding hydrogens is 282 g/mol. The summed E-state index contributed by atoms with van der Waals surface area (Å²) in [5.41, 5.74) is 8.67. The Balaban J connectivity index is 1.56. The Morgan fingerprint density at radius 2 is 2.14 bits per heavy atom. The van der Waals surface area contributed by atoms with Gasteiger partial charge in [0.05, 0.1) is 5.69 Å². The fraction of sp³-hybridized carbons (Fsp3) is 0.375. The minimum Gasteiger partial charge on any atom is -0.399 e. The largest absolute Gasteiger partial charge is 0.399 e. The molecule has 2 aromatic rings. The van der Waals surface area contributed by atoms with Crippen molar-refractivity contribution >= 4 is 28.1 Å². The van der Waals surface area contributed by atoms with Crippen LogP contribution in [0, 0.1) is 0 Å². The number of aromatic nitrogens is 1. The number of carbonyl (C=O) groups is 1. The summed E-state index contributed by atoms with van der Waals surface area (Å²) in [6.07, 6.45) is 2.90. The van der Waals surface area contributed by atoms with Gasteiger partial charge in [-0.05, 0) is 36.5 Å². The molecule has 4 nitrogen and oxygen atoms in total. The highest BCUT2D eigenvalue weighted by molar-refractivity contribution is 7.13. The molecule has 0 bridgehead atoms. The number of thiazole rings is 1. The summed E-state index contributed by atoms with van der Waals surface area (Å²) >= 11 is 1.51. The van der Waals surface area contributed by atoms with Crippen molar-refractivity contribution in [2.75, 3.05) is 11.1 Å². The Bertz CT molecular complexity index is 631. The highest BCUT2D eigenvalue weighted by Crippen LogP contribution is 2.40. The smallest absolute Gasteiger partial charge is 0.226 e. The van der Waals surface area contributed by atoms with Crippen LogP contribution in [0.3, 0.4) is 0 Å². The molecule has 1 aromatic carbocycles. The van der Waals surface area contributed by atoms with E-state index in [1.807, 2.05) is 31.2 Å². The lowest BCUT2D eigenvalue weighted by molar-refractivity contribution is -0.116. The lowest BCUT2D eigenvalue weighted by atomic mass is 9.97. The van der Waals surface area contributed by atoms with E-state index < -0.39 is 0 Å². The van der Waals surface area contributed by atoms with Crippen LogP contribution >= 0.6 is 11.3 Å². The van der Waals surface area contributed by atoms with E-state index in [0.717, 1.165) is 16.9 Å². The maximum absolute atomic E-state index is 12.1. The third kappa shape index (κ3) is 3.61. The first-order valence-electron chi connectivity index (χ1n) is 7.22. The number of benzene rings is 1. The second-order valence-electron chi connectivity index (χ2n) is 5.67. The molecule has 1 amide bonds. The Hall–Kier alpha value is -1.88. The van der Waals surface area contributed by atoms with Crippen molar-refractivity contribution in [1.82, 2.24) is 4.98 Å². The fourth-order valence-electron chi connectivity index (χ4n) is 2.30. The van der Waals surface area contributed by atoms with E-state index in [-0.39, 0.29) is 11.8 Å². The molecule has 1 aliphatic rings. The SMILES string of the molecule is CC(CC(=O)Nc1nc(C2CC2)cs1)c1ccc(N)cc1. The van der Waals surface area contributed by atoms with E-state index in [1.165, 1.54) is 24.2 Å². The van der Waals surface area contributed by atoms with Gasteiger partial charge in [0, 0.05) is 23.4 Å². The summed E-state index contributed by atoms with van der Waals surface area (Å²) in [4.78, 5) is 16.6. The zero-order valence-electron chi connectivity index (χ0n) is 12.0. The second kappa shape index (κ2) is 5.85. The second-order valence-corrected chi connectivity index (χ2v) is 6.53. The van der Waals surface area contributed by atoms with E-state index in [0.29, 0.717) is 17.5 Å². The Labute approximate surface area is 128 Å². The van der Waals surface area contributed by atoms with Crippen molar-refractivity contribution in [3.05, 3.63) is 40.9 Å². The summed E-state index contributed by atoms with van der Waals surface area (Å²) in [6, 6.07) is 7.68. The van der Waals surface area contributed by atoms with E-state index in [1.54, 1.807) is 0 Å². The number of hydrogen-bond acceptors (Lipinski definition) is 4. The monoisotopic (exact) mass is 301 g/mol. The predicted octanol–water partition coefficient (Wildman–Crippen LogP) is 3.74. The van der Waals surface area contributed by atoms with E-state index in [2.05, 4.69) is 15.7 Å². The van der Waals surface area contributed by atoms with Crippen LogP contribution in [0.4, 0.5) is 10.8 Å². The number of nitrogen functional groups attached to an aromatic ring is 1. The standard InChI is InChI=1S/C16H19N3OS/c1-10(11-4-6-13(17)7-5-11)8-15(20)19-16-18-14(9-21-16)12-2-3-12/h4-7,9-10,12H,2-3,8,17H2,1H3,(H,18,19,20). The summed E-state index contributed by atoms with van der Waals surface area (Å²) < 4.78 is 0. The molecule has 1 aliphatic carbocycles.